The number of hydrogen-bond donors (Lipinski definition) is 4. The van der Waals surface area contributed by atoms with Crippen LogP contribution in [0.2, 0.25) is 0 Å². The molecule has 28 heavy (non-hydrogen) atoms. The summed E-state index contributed by atoms with van der Waals surface area (Å²) in [5.41, 5.74) is 0.203. The summed E-state index contributed by atoms with van der Waals surface area (Å²) in [7, 11) is -2.52. The monoisotopic (exact) mass is 423 g/mol. The first-order valence-corrected chi connectivity index (χ1v) is 10.7. The Balaban J connectivity index is 1.86. The highest BCUT2D eigenvalue weighted by Crippen LogP contribution is 2.35. The van der Waals surface area contributed by atoms with Gasteiger partial charge in [0.1, 0.15) is 16.4 Å². The van der Waals surface area contributed by atoms with Gasteiger partial charge in [-0.05, 0) is 44.7 Å². The van der Waals surface area contributed by atoms with Crippen molar-refractivity contribution in [2.24, 2.45) is 0 Å². The molecule has 1 atom stereocenters. The first-order valence-electron chi connectivity index (χ1n) is 8.53. The summed E-state index contributed by atoms with van der Waals surface area (Å²) in [6, 6.07) is 8.09. The average Bonchev–Trinajstić information content (AvgIpc) is 3.30. The standard InChI is InChI=1S/C17H21N5O4S2/c1-4-11(13-9-8-10(2)26-13)19-16-17(22-27-21-16)20-12-6-5-7-14(15(12)23)28(24,25)18-3/h5-9,11,18,23H,4H2,1-3H3,(H,19,21)(H,20,22)/t11-/m1/s1. The zero-order valence-corrected chi connectivity index (χ0v) is 17.2. The second-order valence-electron chi connectivity index (χ2n) is 6.00. The maximum atomic E-state index is 12.0. The van der Waals surface area contributed by atoms with Crippen molar-refractivity contribution in [3.63, 3.8) is 0 Å². The molecule has 0 aliphatic carbocycles. The van der Waals surface area contributed by atoms with Gasteiger partial charge in [0.25, 0.3) is 0 Å². The quantitative estimate of drug-likeness (QED) is 0.406. The number of aromatic hydroxyl groups is 1. The maximum Gasteiger partial charge on any atom is 0.244 e. The van der Waals surface area contributed by atoms with Gasteiger partial charge in [-0.2, -0.15) is 8.75 Å². The molecule has 0 unspecified atom stereocenters. The number of nitrogens with one attached hydrogen (secondary N) is 3. The van der Waals surface area contributed by atoms with E-state index in [0.717, 1.165) is 29.7 Å². The van der Waals surface area contributed by atoms with E-state index in [4.69, 9.17) is 4.42 Å². The van der Waals surface area contributed by atoms with E-state index in [1.54, 1.807) is 6.07 Å². The van der Waals surface area contributed by atoms with E-state index in [0.29, 0.717) is 11.6 Å². The van der Waals surface area contributed by atoms with Crippen LogP contribution in [0, 0.1) is 6.92 Å². The number of aromatic nitrogens is 2. The van der Waals surface area contributed by atoms with Gasteiger partial charge in [-0.1, -0.05) is 13.0 Å². The summed E-state index contributed by atoms with van der Waals surface area (Å²) >= 11 is 0.991. The number of anilines is 3. The first-order chi connectivity index (χ1) is 13.4. The maximum absolute atomic E-state index is 12.0. The fraction of sp³-hybridized carbons (Fsp3) is 0.294. The lowest BCUT2D eigenvalue weighted by Gasteiger charge is -2.16. The van der Waals surface area contributed by atoms with Gasteiger partial charge in [0.05, 0.1) is 23.5 Å². The second-order valence-corrected chi connectivity index (χ2v) is 8.38. The summed E-state index contributed by atoms with van der Waals surface area (Å²) < 4.78 is 40.4. The lowest BCUT2D eigenvalue weighted by Crippen LogP contribution is -2.18. The number of benzene rings is 1. The number of sulfonamides is 1. The smallest absolute Gasteiger partial charge is 0.244 e. The Morgan fingerprint density at radius 1 is 1.21 bits per heavy atom. The summed E-state index contributed by atoms with van der Waals surface area (Å²) in [6.45, 7) is 3.89. The highest BCUT2D eigenvalue weighted by molar-refractivity contribution is 7.89. The molecule has 0 saturated carbocycles. The van der Waals surface area contributed by atoms with Crippen LogP contribution in [0.4, 0.5) is 17.3 Å². The van der Waals surface area contributed by atoms with Crippen LogP contribution in [0.25, 0.3) is 0 Å². The Morgan fingerprint density at radius 3 is 2.61 bits per heavy atom. The molecule has 0 aliphatic rings. The van der Waals surface area contributed by atoms with Gasteiger partial charge >= 0.3 is 0 Å². The number of furan rings is 1. The molecule has 4 N–H and O–H groups in total. The van der Waals surface area contributed by atoms with Crippen molar-refractivity contribution in [3.05, 3.63) is 41.9 Å². The number of para-hydroxylation sites is 1. The lowest BCUT2D eigenvalue weighted by atomic mass is 10.2. The first kappa shape index (κ1) is 20.1. The highest BCUT2D eigenvalue weighted by atomic mass is 32.2. The van der Waals surface area contributed by atoms with Crippen LogP contribution in [0.15, 0.2) is 39.6 Å². The summed E-state index contributed by atoms with van der Waals surface area (Å²) in [6.07, 6.45) is 0.755. The molecule has 0 amide bonds. The van der Waals surface area contributed by atoms with Gasteiger partial charge in [0.2, 0.25) is 10.0 Å². The van der Waals surface area contributed by atoms with Gasteiger partial charge in [-0.15, -0.1) is 0 Å². The molecule has 2 heterocycles. The minimum atomic E-state index is -3.80. The van der Waals surface area contributed by atoms with Gasteiger partial charge in [0, 0.05) is 0 Å². The second kappa shape index (κ2) is 8.17. The fourth-order valence-electron chi connectivity index (χ4n) is 2.62. The molecule has 150 valence electrons. The van der Waals surface area contributed by atoms with E-state index >= 15 is 0 Å². The Hall–Kier alpha value is -2.63. The summed E-state index contributed by atoms with van der Waals surface area (Å²) in [4.78, 5) is -0.227. The zero-order valence-electron chi connectivity index (χ0n) is 15.6. The molecule has 0 aliphatic heterocycles. The zero-order chi connectivity index (χ0) is 20.3. The molecule has 3 aromatic rings. The molecule has 11 heteroatoms. The van der Waals surface area contributed by atoms with E-state index in [2.05, 4.69) is 24.1 Å². The summed E-state index contributed by atoms with van der Waals surface area (Å²) in [5, 5.41) is 16.6. The van der Waals surface area contributed by atoms with Crippen molar-refractivity contribution in [3.8, 4) is 5.75 Å². The molecule has 9 nitrogen and oxygen atoms in total. The SMILES string of the molecule is CC[C@@H](Nc1nsnc1Nc1cccc(S(=O)(=O)NC)c1O)c1ccc(C)o1. The van der Waals surface area contributed by atoms with Crippen molar-refractivity contribution in [2.75, 3.05) is 17.7 Å². The van der Waals surface area contributed by atoms with Gasteiger partial charge in [-0.3, -0.25) is 0 Å². The Labute approximate surface area is 167 Å². The Morgan fingerprint density at radius 2 is 1.96 bits per heavy atom. The molecule has 0 saturated heterocycles. The van der Waals surface area contributed by atoms with Crippen LogP contribution in [-0.4, -0.2) is 29.3 Å². The van der Waals surface area contributed by atoms with Gasteiger partial charge in [0.15, 0.2) is 17.4 Å². The highest BCUT2D eigenvalue weighted by Gasteiger charge is 2.21. The number of hydrogen-bond acceptors (Lipinski definition) is 9. The molecule has 0 radical (unpaired) electrons. The minimum Gasteiger partial charge on any atom is -0.504 e. The summed E-state index contributed by atoms with van der Waals surface area (Å²) in [5.74, 6) is 2.05. The van der Waals surface area contributed by atoms with Crippen molar-refractivity contribution in [1.82, 2.24) is 13.5 Å². The van der Waals surface area contributed by atoms with Crippen LogP contribution < -0.4 is 15.4 Å². The predicted molar refractivity (Wildman–Crippen MR) is 108 cm³/mol. The lowest BCUT2D eigenvalue weighted by molar-refractivity contribution is 0.452. The van der Waals surface area contributed by atoms with Crippen LogP contribution in [-0.2, 0) is 10.0 Å². The van der Waals surface area contributed by atoms with Crippen molar-refractivity contribution < 1.29 is 17.9 Å². The Kier molecular flexibility index (Phi) is 5.87. The molecular weight excluding hydrogens is 402 g/mol. The number of nitrogens with zero attached hydrogens (tertiary/aromatic N) is 2. The van der Waals surface area contributed by atoms with Crippen LogP contribution in [0.5, 0.6) is 5.75 Å². The van der Waals surface area contributed by atoms with E-state index < -0.39 is 15.8 Å². The van der Waals surface area contributed by atoms with E-state index in [9.17, 15) is 13.5 Å². The normalized spacial score (nSPS) is 12.7. The van der Waals surface area contributed by atoms with Crippen molar-refractivity contribution >= 4 is 39.1 Å². The Bertz CT molecular complexity index is 1060. The topological polar surface area (TPSA) is 129 Å². The molecule has 0 fully saturated rings. The predicted octanol–water partition coefficient (Wildman–Crippen LogP) is 3.36. The largest absolute Gasteiger partial charge is 0.504 e. The third-order valence-electron chi connectivity index (χ3n) is 4.12. The molecular formula is C17H21N5O4S2. The number of aryl methyl sites for hydroxylation is 1. The third-order valence-corrected chi connectivity index (χ3v) is 6.10. The van der Waals surface area contributed by atoms with Crippen molar-refractivity contribution in [2.45, 2.75) is 31.2 Å². The van der Waals surface area contributed by atoms with Crippen molar-refractivity contribution in [1.29, 1.82) is 0 Å². The molecule has 0 bridgehead atoms. The molecule has 2 aromatic heterocycles. The average molecular weight is 424 g/mol. The third kappa shape index (κ3) is 4.11. The minimum absolute atomic E-state index is 0.109. The molecule has 1 aromatic carbocycles. The van der Waals surface area contributed by atoms with Crippen LogP contribution in [0.1, 0.15) is 30.9 Å². The number of rotatable bonds is 8. The van der Waals surface area contributed by atoms with E-state index in [1.807, 2.05) is 26.0 Å². The fourth-order valence-corrected chi connectivity index (χ4v) is 3.94. The van der Waals surface area contributed by atoms with Crippen LogP contribution in [0.3, 0.4) is 0 Å². The molecule has 3 rings (SSSR count). The number of phenols is 1. The molecule has 0 spiro atoms. The van der Waals surface area contributed by atoms with E-state index in [-0.39, 0.29) is 16.6 Å². The van der Waals surface area contributed by atoms with E-state index in [1.165, 1.54) is 19.2 Å². The van der Waals surface area contributed by atoms with Crippen LogP contribution >= 0.6 is 11.7 Å². The van der Waals surface area contributed by atoms with Gasteiger partial charge < -0.3 is 20.2 Å². The number of phenolic OH excluding ortho intramolecular Hbond substituents is 1. The van der Waals surface area contributed by atoms with Gasteiger partial charge in [-0.25, -0.2) is 13.1 Å².